The molecule has 1 aliphatic rings. The molecule has 2 heterocycles. The lowest BCUT2D eigenvalue weighted by Gasteiger charge is -2.15. The number of benzene rings is 1. The summed E-state index contributed by atoms with van der Waals surface area (Å²) in [7, 11) is 0. The number of carbonyl (C=O) groups is 1. The lowest BCUT2D eigenvalue weighted by molar-refractivity contribution is 0.0935. The Balaban J connectivity index is 1.76. The highest BCUT2D eigenvalue weighted by atomic mass is 32.1. The van der Waals surface area contributed by atoms with Crippen LogP contribution in [0.4, 0.5) is 0 Å². The van der Waals surface area contributed by atoms with Gasteiger partial charge in [-0.05, 0) is 23.9 Å². The molecule has 20 heavy (non-hydrogen) atoms. The smallest absolute Gasteiger partial charge is 0.262 e. The van der Waals surface area contributed by atoms with Crippen molar-refractivity contribution in [2.75, 3.05) is 13.2 Å². The number of nitrogens with zero attached hydrogens (tertiary/aromatic N) is 1. The minimum atomic E-state index is -0.477. The molecule has 0 aliphatic carbocycles. The zero-order valence-corrected chi connectivity index (χ0v) is 11.7. The predicted octanol–water partition coefficient (Wildman–Crippen LogP) is 2.56. The van der Waals surface area contributed by atoms with E-state index < -0.39 is 6.04 Å². The van der Waals surface area contributed by atoms with Crippen LogP contribution < -0.4 is 5.32 Å². The number of nitrogens with one attached hydrogen (secondary N) is 1. The number of rotatable bonds is 3. The number of nitriles is 1. The van der Waals surface area contributed by atoms with Crippen molar-refractivity contribution in [1.29, 1.82) is 5.26 Å². The zero-order chi connectivity index (χ0) is 13.9. The van der Waals surface area contributed by atoms with Gasteiger partial charge in [0, 0.05) is 17.2 Å². The van der Waals surface area contributed by atoms with Crippen LogP contribution in [0, 0.1) is 17.2 Å². The van der Waals surface area contributed by atoms with E-state index in [-0.39, 0.29) is 11.8 Å². The molecular weight excluding hydrogens is 272 g/mol. The van der Waals surface area contributed by atoms with E-state index in [1.54, 1.807) is 0 Å². The first-order valence-corrected chi connectivity index (χ1v) is 7.36. The second-order valence-corrected chi connectivity index (χ2v) is 5.94. The van der Waals surface area contributed by atoms with Gasteiger partial charge in [0.2, 0.25) is 0 Å². The van der Waals surface area contributed by atoms with E-state index in [1.165, 1.54) is 11.3 Å². The molecular formula is C15H14N2O2S. The summed E-state index contributed by atoms with van der Waals surface area (Å²) in [4.78, 5) is 12.9. The normalized spacial score (nSPS) is 19.6. The van der Waals surface area contributed by atoms with Crippen molar-refractivity contribution in [3.8, 4) is 6.07 Å². The minimum absolute atomic E-state index is 0.0957. The fraction of sp³-hybridized carbons (Fsp3) is 0.333. The Bertz CT molecular complexity index is 635. The van der Waals surface area contributed by atoms with Crippen LogP contribution in [0.2, 0.25) is 0 Å². The standard InChI is InChI=1S/C15H14N2O2S/c16-8-12(11-5-6-19-9-11)17-15(18)14-7-10-3-1-2-4-13(10)20-14/h1-4,7,11-12H,5-6,9H2,(H,17,18)/t11-,12+/m1/s1. The highest BCUT2D eigenvalue weighted by Crippen LogP contribution is 2.25. The van der Waals surface area contributed by atoms with Crippen molar-refractivity contribution < 1.29 is 9.53 Å². The average molecular weight is 286 g/mol. The lowest BCUT2D eigenvalue weighted by Crippen LogP contribution is -2.39. The van der Waals surface area contributed by atoms with Crippen LogP contribution in [0.3, 0.4) is 0 Å². The molecule has 1 fully saturated rings. The summed E-state index contributed by atoms with van der Waals surface area (Å²) in [6, 6.07) is 11.4. The van der Waals surface area contributed by atoms with Crippen molar-refractivity contribution in [2.24, 2.45) is 5.92 Å². The fourth-order valence-corrected chi connectivity index (χ4v) is 3.34. The van der Waals surface area contributed by atoms with Crippen molar-refractivity contribution >= 4 is 27.3 Å². The largest absolute Gasteiger partial charge is 0.381 e. The average Bonchev–Trinajstić information content (AvgIpc) is 3.13. The summed E-state index contributed by atoms with van der Waals surface area (Å²) in [6.07, 6.45) is 0.824. The van der Waals surface area contributed by atoms with Gasteiger partial charge in [-0.15, -0.1) is 11.3 Å². The summed E-state index contributed by atoms with van der Waals surface area (Å²) >= 11 is 1.45. The molecule has 0 spiro atoms. The number of amides is 1. The van der Waals surface area contributed by atoms with Crippen molar-refractivity contribution in [1.82, 2.24) is 5.32 Å². The fourth-order valence-electron chi connectivity index (χ4n) is 2.38. The molecule has 1 aromatic carbocycles. The number of hydrogen-bond donors (Lipinski definition) is 1. The van der Waals surface area contributed by atoms with E-state index in [4.69, 9.17) is 4.74 Å². The van der Waals surface area contributed by atoms with Gasteiger partial charge in [-0.25, -0.2) is 0 Å². The Kier molecular flexibility index (Phi) is 3.68. The van der Waals surface area contributed by atoms with Gasteiger partial charge in [-0.3, -0.25) is 4.79 Å². The van der Waals surface area contributed by atoms with Gasteiger partial charge in [0.25, 0.3) is 5.91 Å². The molecule has 0 bridgehead atoms. The summed E-state index contributed by atoms with van der Waals surface area (Å²) in [6.45, 7) is 1.21. The predicted molar refractivity (Wildman–Crippen MR) is 77.6 cm³/mol. The number of fused-ring (bicyclic) bond motifs is 1. The maximum Gasteiger partial charge on any atom is 0.262 e. The first-order chi connectivity index (χ1) is 9.78. The summed E-state index contributed by atoms with van der Waals surface area (Å²) < 4.78 is 6.35. The number of ether oxygens (including phenoxy) is 1. The van der Waals surface area contributed by atoms with E-state index >= 15 is 0 Å². The van der Waals surface area contributed by atoms with Crippen LogP contribution in [0.25, 0.3) is 10.1 Å². The van der Waals surface area contributed by atoms with Crippen molar-refractivity contribution in [3.63, 3.8) is 0 Å². The van der Waals surface area contributed by atoms with E-state index in [1.807, 2.05) is 30.3 Å². The summed E-state index contributed by atoms with van der Waals surface area (Å²) in [5.41, 5.74) is 0. The number of thiophene rings is 1. The molecule has 1 saturated heterocycles. The topological polar surface area (TPSA) is 62.1 Å². The third-order valence-electron chi connectivity index (χ3n) is 3.51. The molecule has 1 amide bonds. The van der Waals surface area contributed by atoms with Crippen LogP contribution in [0.5, 0.6) is 0 Å². The van der Waals surface area contributed by atoms with E-state index in [9.17, 15) is 10.1 Å². The van der Waals surface area contributed by atoms with Gasteiger partial charge in [0.05, 0.1) is 17.6 Å². The van der Waals surface area contributed by atoms with Gasteiger partial charge < -0.3 is 10.1 Å². The third kappa shape index (κ3) is 2.53. The first kappa shape index (κ1) is 13.1. The summed E-state index contributed by atoms with van der Waals surface area (Å²) in [5, 5.41) is 13.1. The lowest BCUT2D eigenvalue weighted by atomic mass is 10.0. The Labute approximate surface area is 121 Å². The molecule has 3 rings (SSSR count). The maximum atomic E-state index is 12.2. The highest BCUT2D eigenvalue weighted by molar-refractivity contribution is 7.20. The van der Waals surface area contributed by atoms with Crippen LogP contribution >= 0.6 is 11.3 Å². The Morgan fingerprint density at radius 1 is 1.50 bits per heavy atom. The Morgan fingerprint density at radius 2 is 2.35 bits per heavy atom. The Hall–Kier alpha value is -1.90. The van der Waals surface area contributed by atoms with E-state index in [0.29, 0.717) is 18.1 Å². The van der Waals surface area contributed by atoms with Gasteiger partial charge >= 0.3 is 0 Å². The monoisotopic (exact) mass is 286 g/mol. The van der Waals surface area contributed by atoms with Gasteiger partial charge in [0.15, 0.2) is 0 Å². The molecule has 4 nitrogen and oxygen atoms in total. The minimum Gasteiger partial charge on any atom is -0.381 e. The third-order valence-corrected chi connectivity index (χ3v) is 4.63. The molecule has 0 saturated carbocycles. The molecule has 0 unspecified atom stereocenters. The molecule has 102 valence electrons. The van der Waals surface area contributed by atoms with Crippen molar-refractivity contribution in [3.05, 3.63) is 35.2 Å². The molecule has 0 radical (unpaired) electrons. The maximum absolute atomic E-state index is 12.2. The quantitative estimate of drug-likeness (QED) is 0.943. The molecule has 1 N–H and O–H groups in total. The molecule has 2 aromatic rings. The van der Waals surface area contributed by atoms with Crippen LogP contribution in [0.15, 0.2) is 30.3 Å². The second kappa shape index (κ2) is 5.61. The SMILES string of the molecule is N#C[C@H](NC(=O)c1cc2ccccc2s1)[C@@H]1CCOC1. The highest BCUT2D eigenvalue weighted by Gasteiger charge is 2.27. The Morgan fingerprint density at radius 3 is 3.05 bits per heavy atom. The van der Waals surface area contributed by atoms with Crippen LogP contribution in [-0.2, 0) is 4.74 Å². The van der Waals surface area contributed by atoms with E-state index in [0.717, 1.165) is 16.5 Å². The molecule has 1 aliphatic heterocycles. The van der Waals surface area contributed by atoms with E-state index in [2.05, 4.69) is 11.4 Å². The molecule has 2 atom stereocenters. The van der Waals surface area contributed by atoms with Crippen LogP contribution in [0.1, 0.15) is 16.1 Å². The first-order valence-electron chi connectivity index (χ1n) is 6.55. The van der Waals surface area contributed by atoms with Gasteiger partial charge in [-0.2, -0.15) is 5.26 Å². The zero-order valence-electron chi connectivity index (χ0n) is 10.8. The van der Waals surface area contributed by atoms with Gasteiger partial charge in [0.1, 0.15) is 6.04 Å². The summed E-state index contributed by atoms with van der Waals surface area (Å²) in [5.74, 6) is -0.0806. The molecule has 1 aromatic heterocycles. The van der Waals surface area contributed by atoms with Crippen molar-refractivity contribution in [2.45, 2.75) is 12.5 Å². The van der Waals surface area contributed by atoms with Crippen LogP contribution in [-0.4, -0.2) is 25.2 Å². The second-order valence-electron chi connectivity index (χ2n) is 4.85. The number of carbonyl (C=O) groups excluding carboxylic acids is 1. The van der Waals surface area contributed by atoms with Gasteiger partial charge in [-0.1, -0.05) is 18.2 Å². The molecule has 5 heteroatoms. The number of hydrogen-bond acceptors (Lipinski definition) is 4.